The molecule has 0 aliphatic heterocycles. The van der Waals surface area contributed by atoms with Crippen LogP contribution in [0.1, 0.15) is 59.1 Å². The number of nitrogens with one attached hydrogen (secondary N) is 1. The average Bonchev–Trinajstić information content (AvgIpc) is 3.38. The molecular weight excluding hydrogens is 444 g/mol. The zero-order valence-electron chi connectivity index (χ0n) is 21.8. The average molecular weight is 483 g/mol. The summed E-state index contributed by atoms with van der Waals surface area (Å²) in [5.74, 6) is -0.0704. The van der Waals surface area contributed by atoms with Gasteiger partial charge in [-0.2, -0.15) is 0 Å². The van der Waals surface area contributed by atoms with Crippen molar-refractivity contribution in [1.29, 1.82) is 0 Å². The molecular formula is C32H38N2O2. The van der Waals surface area contributed by atoms with E-state index in [0.717, 1.165) is 53.5 Å². The molecule has 4 nitrogen and oxygen atoms in total. The predicted octanol–water partition coefficient (Wildman–Crippen LogP) is 5.85. The third kappa shape index (κ3) is 6.84. The summed E-state index contributed by atoms with van der Waals surface area (Å²) in [6.45, 7) is 6.55. The number of carbonyl (C=O) groups excluding carboxylic acids is 2. The number of carbonyl (C=O) groups is 2. The van der Waals surface area contributed by atoms with Crippen molar-refractivity contribution in [2.75, 3.05) is 0 Å². The number of rotatable bonds is 9. The Bertz CT molecular complexity index is 1160. The Hall–Kier alpha value is -3.40. The van der Waals surface area contributed by atoms with Gasteiger partial charge in [0.15, 0.2) is 0 Å². The molecule has 36 heavy (non-hydrogen) atoms. The minimum atomic E-state index is -0.577. The number of hydrogen-bond acceptors (Lipinski definition) is 2. The Morgan fingerprint density at radius 1 is 0.861 bits per heavy atom. The van der Waals surface area contributed by atoms with Crippen molar-refractivity contribution in [2.45, 2.75) is 77.9 Å². The summed E-state index contributed by atoms with van der Waals surface area (Å²) in [4.78, 5) is 29.5. The van der Waals surface area contributed by atoms with Crippen LogP contribution >= 0.6 is 0 Å². The Morgan fingerprint density at radius 3 is 2.22 bits per heavy atom. The maximum atomic E-state index is 14.0. The fourth-order valence-electron chi connectivity index (χ4n) is 5.07. The largest absolute Gasteiger partial charge is 0.352 e. The third-order valence-corrected chi connectivity index (χ3v) is 7.29. The lowest BCUT2D eigenvalue weighted by Gasteiger charge is -2.32. The second-order valence-corrected chi connectivity index (χ2v) is 10.3. The Labute approximate surface area is 215 Å². The SMILES string of the molecule is Cc1ccc(CN(C(=O)Cc2cc(C)ccc2C)[C@H](Cc2ccccc2)C(=O)NC2CCCC2)cc1. The van der Waals surface area contributed by atoms with Crippen LogP contribution in [0.4, 0.5) is 0 Å². The van der Waals surface area contributed by atoms with Gasteiger partial charge >= 0.3 is 0 Å². The van der Waals surface area contributed by atoms with Crippen LogP contribution in [0.5, 0.6) is 0 Å². The maximum absolute atomic E-state index is 14.0. The number of benzene rings is 3. The van der Waals surface area contributed by atoms with E-state index >= 15 is 0 Å². The monoisotopic (exact) mass is 482 g/mol. The molecule has 4 heteroatoms. The summed E-state index contributed by atoms with van der Waals surface area (Å²) >= 11 is 0. The predicted molar refractivity (Wildman–Crippen MR) is 146 cm³/mol. The molecule has 1 N–H and O–H groups in total. The molecule has 4 rings (SSSR count). The molecule has 0 spiro atoms. The van der Waals surface area contributed by atoms with Gasteiger partial charge in [-0.1, -0.05) is 96.8 Å². The van der Waals surface area contributed by atoms with E-state index in [4.69, 9.17) is 0 Å². The molecule has 1 aliphatic carbocycles. The van der Waals surface area contributed by atoms with Gasteiger partial charge in [-0.15, -0.1) is 0 Å². The maximum Gasteiger partial charge on any atom is 0.243 e. The van der Waals surface area contributed by atoms with Crippen LogP contribution in [-0.2, 0) is 29.0 Å². The van der Waals surface area contributed by atoms with Gasteiger partial charge in [0.05, 0.1) is 6.42 Å². The standard InChI is InChI=1S/C32H38N2O2/c1-23-14-17-27(18-15-23)22-34(31(35)21-28-19-24(2)13-16-25(28)3)30(20-26-9-5-4-6-10-26)32(36)33-29-11-7-8-12-29/h4-6,9-10,13-19,29-30H,7-8,11-12,20-22H2,1-3H3,(H,33,36)/t30-/m1/s1. The highest BCUT2D eigenvalue weighted by atomic mass is 16.2. The summed E-state index contributed by atoms with van der Waals surface area (Å²) in [6.07, 6.45) is 5.08. The van der Waals surface area contributed by atoms with Crippen LogP contribution in [-0.4, -0.2) is 28.8 Å². The lowest BCUT2D eigenvalue weighted by Crippen LogP contribution is -2.52. The van der Waals surface area contributed by atoms with E-state index in [1.807, 2.05) is 49.1 Å². The highest BCUT2D eigenvalue weighted by Crippen LogP contribution is 2.21. The van der Waals surface area contributed by atoms with Gasteiger partial charge < -0.3 is 10.2 Å². The Morgan fingerprint density at radius 2 is 1.53 bits per heavy atom. The van der Waals surface area contributed by atoms with Crippen LogP contribution in [0, 0.1) is 20.8 Å². The zero-order valence-corrected chi connectivity index (χ0v) is 21.8. The minimum Gasteiger partial charge on any atom is -0.352 e. The fraction of sp³-hybridized carbons (Fsp3) is 0.375. The van der Waals surface area contributed by atoms with Gasteiger partial charge in [0.2, 0.25) is 11.8 Å². The summed E-state index contributed by atoms with van der Waals surface area (Å²) in [5.41, 5.74) is 6.50. The second-order valence-electron chi connectivity index (χ2n) is 10.3. The van der Waals surface area contributed by atoms with E-state index in [1.165, 1.54) is 5.56 Å². The molecule has 3 aromatic carbocycles. The molecule has 1 saturated carbocycles. The summed E-state index contributed by atoms with van der Waals surface area (Å²) in [5, 5.41) is 3.28. The van der Waals surface area contributed by atoms with Crippen molar-refractivity contribution >= 4 is 11.8 Å². The Balaban J connectivity index is 1.67. The van der Waals surface area contributed by atoms with Crippen LogP contribution in [0.3, 0.4) is 0 Å². The smallest absolute Gasteiger partial charge is 0.243 e. The zero-order chi connectivity index (χ0) is 25.5. The van der Waals surface area contributed by atoms with Gasteiger partial charge in [-0.05, 0) is 55.9 Å². The molecule has 1 aliphatic rings. The topological polar surface area (TPSA) is 49.4 Å². The van der Waals surface area contributed by atoms with Gasteiger partial charge in [0.1, 0.15) is 6.04 Å². The highest BCUT2D eigenvalue weighted by Gasteiger charge is 2.32. The summed E-state index contributed by atoms with van der Waals surface area (Å²) in [6, 6.07) is 24.1. The van der Waals surface area contributed by atoms with E-state index in [9.17, 15) is 9.59 Å². The molecule has 0 unspecified atom stereocenters. The number of aryl methyl sites for hydroxylation is 3. The molecule has 3 aromatic rings. The minimum absolute atomic E-state index is 0.0215. The summed E-state index contributed by atoms with van der Waals surface area (Å²) < 4.78 is 0. The normalized spacial score (nSPS) is 14.4. The number of nitrogens with zero attached hydrogens (tertiary/aromatic N) is 1. The Kier molecular flexibility index (Phi) is 8.58. The van der Waals surface area contributed by atoms with Crippen molar-refractivity contribution < 1.29 is 9.59 Å². The van der Waals surface area contributed by atoms with Gasteiger partial charge in [-0.3, -0.25) is 9.59 Å². The molecule has 2 amide bonds. The van der Waals surface area contributed by atoms with Crippen molar-refractivity contribution in [3.05, 3.63) is 106 Å². The first-order chi connectivity index (χ1) is 17.4. The van der Waals surface area contributed by atoms with Crippen LogP contribution in [0.15, 0.2) is 72.8 Å². The van der Waals surface area contributed by atoms with Crippen LogP contribution in [0.2, 0.25) is 0 Å². The molecule has 0 radical (unpaired) electrons. The van der Waals surface area contributed by atoms with E-state index in [1.54, 1.807) is 0 Å². The highest BCUT2D eigenvalue weighted by molar-refractivity contribution is 5.89. The quantitative estimate of drug-likeness (QED) is 0.416. The number of amides is 2. The first-order valence-electron chi connectivity index (χ1n) is 13.1. The molecule has 188 valence electrons. The molecule has 0 heterocycles. The van der Waals surface area contributed by atoms with E-state index < -0.39 is 6.04 Å². The van der Waals surface area contributed by atoms with Crippen molar-refractivity contribution in [2.24, 2.45) is 0 Å². The molecule has 0 aromatic heterocycles. The van der Waals surface area contributed by atoms with E-state index in [2.05, 4.69) is 54.7 Å². The van der Waals surface area contributed by atoms with Crippen LogP contribution < -0.4 is 5.32 Å². The summed E-state index contributed by atoms with van der Waals surface area (Å²) in [7, 11) is 0. The lowest BCUT2D eigenvalue weighted by atomic mass is 9.99. The van der Waals surface area contributed by atoms with Crippen molar-refractivity contribution in [3.63, 3.8) is 0 Å². The van der Waals surface area contributed by atoms with Crippen molar-refractivity contribution in [1.82, 2.24) is 10.2 Å². The lowest BCUT2D eigenvalue weighted by molar-refractivity contribution is -0.141. The van der Waals surface area contributed by atoms with Crippen LogP contribution in [0.25, 0.3) is 0 Å². The third-order valence-electron chi connectivity index (χ3n) is 7.29. The number of hydrogen-bond donors (Lipinski definition) is 1. The molecule has 1 fully saturated rings. The van der Waals surface area contributed by atoms with Gasteiger partial charge in [0.25, 0.3) is 0 Å². The van der Waals surface area contributed by atoms with E-state index in [0.29, 0.717) is 13.0 Å². The van der Waals surface area contributed by atoms with E-state index in [-0.39, 0.29) is 24.3 Å². The first kappa shape index (κ1) is 25.7. The van der Waals surface area contributed by atoms with Gasteiger partial charge in [-0.25, -0.2) is 0 Å². The first-order valence-corrected chi connectivity index (χ1v) is 13.1. The van der Waals surface area contributed by atoms with Crippen molar-refractivity contribution in [3.8, 4) is 0 Å². The molecule has 0 saturated heterocycles. The fourth-order valence-corrected chi connectivity index (χ4v) is 5.07. The second kappa shape index (κ2) is 12.0. The molecule has 1 atom stereocenters. The van der Waals surface area contributed by atoms with Gasteiger partial charge in [0, 0.05) is 19.0 Å². The molecule has 0 bridgehead atoms.